The Bertz CT molecular complexity index is 1220. The number of benzene rings is 4. The highest BCUT2D eigenvalue weighted by molar-refractivity contribution is 5.66. The van der Waals surface area contributed by atoms with Crippen molar-refractivity contribution in [2.75, 3.05) is 0 Å². The van der Waals surface area contributed by atoms with E-state index in [1.807, 2.05) is 0 Å². The molecule has 0 radical (unpaired) electrons. The molecule has 1 nitrogen and oxygen atoms in total. The van der Waals surface area contributed by atoms with E-state index in [1.165, 1.54) is 31.2 Å². The maximum Gasteiger partial charge on any atom is 0.167 e. The summed E-state index contributed by atoms with van der Waals surface area (Å²) in [6.07, 6.45) is 0. The molecule has 0 bridgehead atoms. The molecule has 0 aliphatic carbocycles. The number of halogens is 4. The Balaban J connectivity index is 1.50. The zero-order valence-corrected chi connectivity index (χ0v) is 16.6. The lowest BCUT2D eigenvalue weighted by atomic mass is 10.0. The zero-order chi connectivity index (χ0) is 22.0. The van der Waals surface area contributed by atoms with Crippen LogP contribution in [-0.4, -0.2) is 0 Å². The average Bonchev–Trinajstić information content (AvgIpc) is 2.80. The smallest absolute Gasteiger partial charge is 0.167 e. The van der Waals surface area contributed by atoms with Crippen molar-refractivity contribution in [3.05, 3.63) is 113 Å². The third-order valence-corrected chi connectivity index (χ3v) is 5.08. The normalized spacial score (nSPS) is 10.9. The third-order valence-electron chi connectivity index (χ3n) is 5.08. The van der Waals surface area contributed by atoms with E-state index in [4.69, 9.17) is 4.74 Å². The van der Waals surface area contributed by atoms with Gasteiger partial charge in [-0.2, -0.15) is 0 Å². The van der Waals surface area contributed by atoms with Crippen LogP contribution < -0.4 is 4.74 Å². The average molecular weight is 422 g/mol. The van der Waals surface area contributed by atoms with Gasteiger partial charge < -0.3 is 4.74 Å². The summed E-state index contributed by atoms with van der Waals surface area (Å²) < 4.78 is 62.6. The van der Waals surface area contributed by atoms with E-state index in [0.29, 0.717) is 16.9 Å². The lowest BCUT2D eigenvalue weighted by molar-refractivity contribution is 0.297. The Kier molecular flexibility index (Phi) is 5.76. The molecular weight excluding hydrogens is 404 g/mol. The predicted octanol–water partition coefficient (Wildman–Crippen LogP) is 7.46. The number of ether oxygens (including phenoxy) is 1. The maximum atomic E-state index is 14.5. The van der Waals surface area contributed by atoms with E-state index in [0.717, 1.165) is 0 Å². The number of rotatable bonds is 5. The van der Waals surface area contributed by atoms with E-state index < -0.39 is 23.3 Å². The molecule has 0 aliphatic heterocycles. The van der Waals surface area contributed by atoms with Gasteiger partial charge in [0.1, 0.15) is 12.4 Å². The minimum Gasteiger partial charge on any atom is -0.489 e. The molecule has 0 N–H and O–H groups in total. The highest BCUT2D eigenvalue weighted by atomic mass is 19.2. The Morgan fingerprint density at radius 1 is 0.581 bits per heavy atom. The standard InChI is InChI=1S/C26H18F4O/c1-16-7-13-21(25(29)23(16)27)18-8-11-20(12-9-18)31-15-19-10-14-22(26(30)24(19)28)17-5-3-2-4-6-17/h2-14H,15H2,1H3. The van der Waals surface area contributed by atoms with E-state index in [9.17, 15) is 17.6 Å². The summed E-state index contributed by atoms with van der Waals surface area (Å²) in [7, 11) is 0. The molecule has 0 fully saturated rings. The molecule has 0 saturated heterocycles. The molecule has 0 aromatic heterocycles. The van der Waals surface area contributed by atoms with Crippen molar-refractivity contribution in [2.45, 2.75) is 13.5 Å². The number of hydrogen-bond donors (Lipinski definition) is 0. The van der Waals surface area contributed by atoms with Crippen LogP contribution in [0.3, 0.4) is 0 Å². The molecule has 4 rings (SSSR count). The summed E-state index contributed by atoms with van der Waals surface area (Å²) in [6, 6.07) is 21.0. The summed E-state index contributed by atoms with van der Waals surface area (Å²) in [4.78, 5) is 0. The van der Waals surface area contributed by atoms with Crippen molar-refractivity contribution < 1.29 is 22.3 Å². The fourth-order valence-corrected chi connectivity index (χ4v) is 3.30. The molecule has 5 heteroatoms. The number of hydrogen-bond acceptors (Lipinski definition) is 1. The first kappa shape index (κ1) is 20.7. The van der Waals surface area contributed by atoms with Crippen LogP contribution >= 0.6 is 0 Å². The van der Waals surface area contributed by atoms with Crippen LogP contribution in [0.4, 0.5) is 17.6 Å². The fourth-order valence-electron chi connectivity index (χ4n) is 3.30. The summed E-state index contributed by atoms with van der Waals surface area (Å²) >= 11 is 0. The SMILES string of the molecule is Cc1ccc(-c2ccc(OCc3ccc(-c4ccccc4)c(F)c3F)cc2)c(F)c1F. The molecule has 0 atom stereocenters. The van der Waals surface area contributed by atoms with E-state index in [1.54, 1.807) is 54.6 Å². The van der Waals surface area contributed by atoms with Gasteiger partial charge in [0.05, 0.1) is 0 Å². The second-order valence-electron chi connectivity index (χ2n) is 7.14. The summed E-state index contributed by atoms with van der Waals surface area (Å²) in [5, 5.41) is 0. The first-order chi connectivity index (χ1) is 15.0. The van der Waals surface area contributed by atoms with E-state index >= 15 is 0 Å². The van der Waals surface area contributed by atoms with Crippen LogP contribution in [0.5, 0.6) is 5.75 Å². The molecule has 0 spiro atoms. The van der Waals surface area contributed by atoms with Crippen LogP contribution in [0.1, 0.15) is 11.1 Å². The van der Waals surface area contributed by atoms with Gasteiger partial charge in [-0.3, -0.25) is 0 Å². The van der Waals surface area contributed by atoms with Crippen molar-refractivity contribution in [2.24, 2.45) is 0 Å². The van der Waals surface area contributed by atoms with E-state index in [-0.39, 0.29) is 28.9 Å². The van der Waals surface area contributed by atoms with Gasteiger partial charge in [0.25, 0.3) is 0 Å². The Morgan fingerprint density at radius 3 is 1.84 bits per heavy atom. The van der Waals surface area contributed by atoms with Gasteiger partial charge >= 0.3 is 0 Å². The lowest BCUT2D eigenvalue weighted by Crippen LogP contribution is -2.02. The second kappa shape index (κ2) is 8.64. The van der Waals surface area contributed by atoms with Crippen molar-refractivity contribution in [1.29, 1.82) is 0 Å². The van der Waals surface area contributed by atoms with Crippen LogP contribution in [0, 0.1) is 30.2 Å². The second-order valence-corrected chi connectivity index (χ2v) is 7.14. The Morgan fingerprint density at radius 2 is 1.16 bits per heavy atom. The largest absolute Gasteiger partial charge is 0.489 e. The minimum atomic E-state index is -0.963. The van der Waals surface area contributed by atoms with Gasteiger partial charge in [-0.05, 0) is 35.7 Å². The van der Waals surface area contributed by atoms with Crippen LogP contribution in [-0.2, 0) is 6.61 Å². The highest BCUT2D eigenvalue weighted by Crippen LogP contribution is 2.29. The van der Waals surface area contributed by atoms with Gasteiger partial charge in [0.15, 0.2) is 23.3 Å². The first-order valence-corrected chi connectivity index (χ1v) is 9.66. The van der Waals surface area contributed by atoms with Crippen LogP contribution in [0.15, 0.2) is 78.9 Å². The maximum absolute atomic E-state index is 14.5. The molecule has 0 aliphatic rings. The topological polar surface area (TPSA) is 9.23 Å². The van der Waals surface area contributed by atoms with Crippen LogP contribution in [0.25, 0.3) is 22.3 Å². The van der Waals surface area contributed by atoms with Crippen molar-refractivity contribution in [3.8, 4) is 28.0 Å². The molecule has 0 saturated carbocycles. The molecule has 0 unspecified atom stereocenters. The monoisotopic (exact) mass is 422 g/mol. The molecule has 4 aromatic rings. The third kappa shape index (κ3) is 4.17. The van der Waals surface area contributed by atoms with Gasteiger partial charge in [0.2, 0.25) is 0 Å². The van der Waals surface area contributed by atoms with Gasteiger partial charge in [-0.15, -0.1) is 0 Å². The molecule has 31 heavy (non-hydrogen) atoms. The van der Waals surface area contributed by atoms with Crippen LogP contribution in [0.2, 0.25) is 0 Å². The Hall–Kier alpha value is -3.60. The van der Waals surface area contributed by atoms with E-state index in [2.05, 4.69) is 0 Å². The highest BCUT2D eigenvalue weighted by Gasteiger charge is 2.16. The summed E-state index contributed by atoms with van der Waals surface area (Å²) in [5.41, 5.74) is 1.69. The van der Waals surface area contributed by atoms with Gasteiger partial charge in [-0.1, -0.05) is 66.7 Å². The summed E-state index contributed by atoms with van der Waals surface area (Å²) in [5.74, 6) is -3.29. The fraction of sp³-hybridized carbons (Fsp3) is 0.0769. The van der Waals surface area contributed by atoms with Crippen molar-refractivity contribution >= 4 is 0 Å². The molecule has 0 heterocycles. The predicted molar refractivity (Wildman–Crippen MR) is 113 cm³/mol. The Labute approximate surface area is 177 Å². The molecule has 156 valence electrons. The minimum absolute atomic E-state index is 0.0768. The molecular formula is C26H18F4O. The van der Waals surface area contributed by atoms with Crippen molar-refractivity contribution in [3.63, 3.8) is 0 Å². The molecule has 4 aromatic carbocycles. The van der Waals surface area contributed by atoms with Crippen molar-refractivity contribution in [1.82, 2.24) is 0 Å². The lowest BCUT2D eigenvalue weighted by Gasteiger charge is -2.11. The summed E-state index contributed by atoms with van der Waals surface area (Å²) in [6.45, 7) is 1.32. The zero-order valence-electron chi connectivity index (χ0n) is 16.6. The van der Waals surface area contributed by atoms with Gasteiger partial charge in [0, 0.05) is 16.7 Å². The molecule has 0 amide bonds. The first-order valence-electron chi connectivity index (χ1n) is 9.66. The number of aryl methyl sites for hydroxylation is 1. The van der Waals surface area contributed by atoms with Gasteiger partial charge in [-0.25, -0.2) is 17.6 Å². The quantitative estimate of drug-likeness (QED) is 0.303.